The van der Waals surface area contributed by atoms with E-state index >= 15 is 0 Å². The Kier molecular flexibility index (Phi) is 4.12. The van der Waals surface area contributed by atoms with Crippen molar-refractivity contribution in [3.8, 4) is 5.75 Å². The molecule has 6 nitrogen and oxygen atoms in total. The number of carboxylic acid groups (broad SMARTS) is 1. The van der Waals surface area contributed by atoms with Gasteiger partial charge in [-0.2, -0.15) is 0 Å². The molecular weight excluding hydrogens is 260 g/mol. The number of para-hydroxylation sites is 2. The van der Waals surface area contributed by atoms with E-state index in [-0.39, 0.29) is 6.54 Å². The maximum Gasteiger partial charge on any atom is 0.319 e. The Labute approximate surface area is 117 Å². The van der Waals surface area contributed by atoms with E-state index in [2.05, 4.69) is 10.6 Å². The topological polar surface area (TPSA) is 87.7 Å². The highest BCUT2D eigenvalue weighted by atomic mass is 16.5. The summed E-state index contributed by atoms with van der Waals surface area (Å²) >= 11 is 0. The number of anilines is 1. The van der Waals surface area contributed by atoms with Gasteiger partial charge >= 0.3 is 12.0 Å². The zero-order valence-electron chi connectivity index (χ0n) is 11.3. The summed E-state index contributed by atoms with van der Waals surface area (Å²) in [6.07, 6.45) is 2.11. The minimum atomic E-state index is -0.846. The van der Waals surface area contributed by atoms with Crippen LogP contribution in [0.25, 0.3) is 0 Å². The number of methoxy groups -OCH3 is 1. The van der Waals surface area contributed by atoms with Crippen LogP contribution in [0.1, 0.15) is 19.3 Å². The number of rotatable bonds is 5. The van der Waals surface area contributed by atoms with Crippen LogP contribution < -0.4 is 15.4 Å². The van der Waals surface area contributed by atoms with Crippen molar-refractivity contribution in [1.29, 1.82) is 0 Å². The van der Waals surface area contributed by atoms with Crippen LogP contribution in [0.4, 0.5) is 10.5 Å². The van der Waals surface area contributed by atoms with Crippen molar-refractivity contribution in [2.75, 3.05) is 19.0 Å². The van der Waals surface area contributed by atoms with Gasteiger partial charge in [-0.1, -0.05) is 18.6 Å². The van der Waals surface area contributed by atoms with Crippen molar-refractivity contribution in [3.05, 3.63) is 24.3 Å². The Bertz CT molecular complexity index is 512. The lowest BCUT2D eigenvalue weighted by Gasteiger charge is -2.37. The molecule has 0 radical (unpaired) electrons. The highest BCUT2D eigenvalue weighted by Gasteiger charge is 2.44. The van der Waals surface area contributed by atoms with E-state index in [4.69, 9.17) is 4.74 Å². The average molecular weight is 278 g/mol. The number of amides is 2. The summed E-state index contributed by atoms with van der Waals surface area (Å²) in [5.41, 5.74) is -0.247. The quantitative estimate of drug-likeness (QED) is 0.769. The normalized spacial score (nSPS) is 15.8. The first-order valence-electron chi connectivity index (χ1n) is 6.49. The van der Waals surface area contributed by atoms with Crippen LogP contribution >= 0.6 is 0 Å². The minimum absolute atomic E-state index is 0.142. The van der Waals surface area contributed by atoms with Crippen LogP contribution in [0.2, 0.25) is 0 Å². The molecule has 0 bridgehead atoms. The van der Waals surface area contributed by atoms with E-state index in [0.717, 1.165) is 6.42 Å². The van der Waals surface area contributed by atoms with Crippen LogP contribution in [0, 0.1) is 5.41 Å². The second kappa shape index (κ2) is 5.81. The van der Waals surface area contributed by atoms with Gasteiger partial charge in [-0.3, -0.25) is 4.79 Å². The molecule has 1 aliphatic rings. The maximum absolute atomic E-state index is 11.8. The summed E-state index contributed by atoms with van der Waals surface area (Å²) in [7, 11) is 1.52. The smallest absolute Gasteiger partial charge is 0.319 e. The van der Waals surface area contributed by atoms with E-state index in [1.165, 1.54) is 7.11 Å². The Hall–Kier alpha value is -2.24. The Morgan fingerprint density at radius 2 is 2.05 bits per heavy atom. The molecule has 0 unspecified atom stereocenters. The molecule has 0 atom stereocenters. The molecule has 20 heavy (non-hydrogen) atoms. The molecule has 3 N–H and O–H groups in total. The summed E-state index contributed by atoms with van der Waals surface area (Å²) in [6.45, 7) is 0.142. The monoisotopic (exact) mass is 278 g/mol. The second-order valence-corrected chi connectivity index (χ2v) is 4.95. The highest BCUT2D eigenvalue weighted by Crippen LogP contribution is 2.40. The fourth-order valence-electron chi connectivity index (χ4n) is 2.23. The fourth-order valence-corrected chi connectivity index (χ4v) is 2.23. The Morgan fingerprint density at radius 3 is 2.60 bits per heavy atom. The molecule has 2 amide bonds. The van der Waals surface area contributed by atoms with Crippen LogP contribution in [-0.2, 0) is 4.79 Å². The molecule has 0 heterocycles. The van der Waals surface area contributed by atoms with E-state index in [0.29, 0.717) is 24.3 Å². The number of aliphatic carboxylic acids is 1. The third kappa shape index (κ3) is 2.84. The van der Waals surface area contributed by atoms with Gasteiger partial charge in [-0.15, -0.1) is 0 Å². The molecule has 1 aliphatic carbocycles. The number of ether oxygens (including phenoxy) is 1. The molecule has 0 saturated heterocycles. The summed E-state index contributed by atoms with van der Waals surface area (Å²) in [5.74, 6) is -0.291. The predicted octanol–water partition coefficient (Wildman–Crippen LogP) is 2.07. The molecule has 108 valence electrons. The van der Waals surface area contributed by atoms with Gasteiger partial charge in [0, 0.05) is 6.54 Å². The first-order valence-corrected chi connectivity index (χ1v) is 6.49. The summed E-state index contributed by atoms with van der Waals surface area (Å²) < 4.78 is 5.13. The lowest BCUT2D eigenvalue weighted by atomic mass is 9.69. The van der Waals surface area contributed by atoms with E-state index in [1.54, 1.807) is 24.3 Å². The molecule has 0 spiro atoms. The lowest BCUT2D eigenvalue weighted by Crippen LogP contribution is -2.48. The van der Waals surface area contributed by atoms with Crippen molar-refractivity contribution in [2.24, 2.45) is 5.41 Å². The van der Waals surface area contributed by atoms with Crippen LogP contribution in [0.3, 0.4) is 0 Å². The van der Waals surface area contributed by atoms with Gasteiger partial charge in [0.05, 0.1) is 18.2 Å². The standard InChI is InChI=1S/C14H18N2O4/c1-20-11-6-3-2-5-10(11)16-13(19)15-9-14(12(17)18)7-4-8-14/h2-3,5-6H,4,7-9H2,1H3,(H,17,18)(H2,15,16,19). The zero-order valence-corrected chi connectivity index (χ0v) is 11.3. The predicted molar refractivity (Wildman–Crippen MR) is 73.9 cm³/mol. The Morgan fingerprint density at radius 1 is 1.35 bits per heavy atom. The molecule has 2 rings (SSSR count). The molecule has 1 fully saturated rings. The highest BCUT2D eigenvalue weighted by molar-refractivity contribution is 5.91. The molecule has 0 aliphatic heterocycles. The lowest BCUT2D eigenvalue weighted by molar-refractivity contribution is -0.153. The number of nitrogens with one attached hydrogen (secondary N) is 2. The summed E-state index contributed by atoms with van der Waals surface area (Å²) in [4.78, 5) is 23.0. The van der Waals surface area contributed by atoms with Crippen LogP contribution in [-0.4, -0.2) is 30.8 Å². The second-order valence-electron chi connectivity index (χ2n) is 4.95. The van der Waals surface area contributed by atoms with Gasteiger partial charge in [0.15, 0.2) is 0 Å². The Balaban J connectivity index is 1.91. The average Bonchev–Trinajstić information content (AvgIpc) is 2.37. The van der Waals surface area contributed by atoms with E-state index in [1.807, 2.05) is 0 Å². The first-order chi connectivity index (χ1) is 9.57. The van der Waals surface area contributed by atoms with Gasteiger partial charge in [0.1, 0.15) is 5.75 Å². The van der Waals surface area contributed by atoms with Crippen LogP contribution in [0.15, 0.2) is 24.3 Å². The van der Waals surface area contributed by atoms with E-state index in [9.17, 15) is 14.7 Å². The first kappa shape index (κ1) is 14.2. The molecule has 6 heteroatoms. The number of benzene rings is 1. The van der Waals surface area contributed by atoms with Crippen molar-refractivity contribution in [2.45, 2.75) is 19.3 Å². The molecule has 1 saturated carbocycles. The van der Waals surface area contributed by atoms with E-state index < -0.39 is 17.4 Å². The number of carbonyl (C=O) groups is 2. The van der Waals surface area contributed by atoms with Gasteiger partial charge in [0.25, 0.3) is 0 Å². The number of urea groups is 1. The van der Waals surface area contributed by atoms with Crippen molar-refractivity contribution < 1.29 is 19.4 Å². The van der Waals surface area contributed by atoms with Gasteiger partial charge in [-0.05, 0) is 25.0 Å². The molecule has 1 aromatic rings. The summed E-state index contributed by atoms with van der Waals surface area (Å²) in [6, 6.07) is 6.61. The molecule has 0 aromatic heterocycles. The maximum atomic E-state index is 11.8. The van der Waals surface area contributed by atoms with Crippen LogP contribution in [0.5, 0.6) is 5.75 Å². The van der Waals surface area contributed by atoms with Crippen molar-refractivity contribution in [3.63, 3.8) is 0 Å². The minimum Gasteiger partial charge on any atom is -0.495 e. The SMILES string of the molecule is COc1ccccc1NC(=O)NCC1(C(=O)O)CCC1. The number of carbonyl (C=O) groups excluding carboxylic acids is 1. The van der Waals surface area contributed by atoms with Gasteiger partial charge in [-0.25, -0.2) is 4.79 Å². The fraction of sp³-hybridized carbons (Fsp3) is 0.429. The van der Waals surface area contributed by atoms with Crippen molar-refractivity contribution in [1.82, 2.24) is 5.32 Å². The molecule has 1 aromatic carbocycles. The zero-order chi connectivity index (χ0) is 14.6. The number of hydrogen-bond acceptors (Lipinski definition) is 3. The van der Waals surface area contributed by atoms with Gasteiger partial charge in [0.2, 0.25) is 0 Å². The molecular formula is C14H18N2O4. The third-order valence-corrected chi connectivity index (χ3v) is 3.71. The van der Waals surface area contributed by atoms with Crippen molar-refractivity contribution >= 4 is 17.7 Å². The third-order valence-electron chi connectivity index (χ3n) is 3.71. The number of carboxylic acids is 1. The largest absolute Gasteiger partial charge is 0.495 e. The van der Waals surface area contributed by atoms with Gasteiger partial charge < -0.3 is 20.5 Å². The summed E-state index contributed by atoms with van der Waals surface area (Å²) in [5, 5.41) is 14.5. The number of hydrogen-bond donors (Lipinski definition) is 3.